The number of halogens is 1. The summed E-state index contributed by atoms with van der Waals surface area (Å²) in [6, 6.07) is 15.9. The first-order chi connectivity index (χ1) is 18.2. The molecule has 0 aromatic heterocycles. The van der Waals surface area contributed by atoms with E-state index in [4.69, 9.17) is 6.58 Å². The van der Waals surface area contributed by atoms with Gasteiger partial charge in [-0.05, 0) is 0 Å². The summed E-state index contributed by atoms with van der Waals surface area (Å²) in [5.41, 5.74) is 5.27. The molecule has 206 valence electrons. The molecule has 0 radical (unpaired) electrons. The van der Waals surface area contributed by atoms with Crippen molar-refractivity contribution in [2.45, 2.75) is 98.9 Å². The van der Waals surface area contributed by atoms with Gasteiger partial charge in [-0.1, -0.05) is 0 Å². The average Bonchev–Trinajstić information content (AvgIpc) is 2.92. The van der Waals surface area contributed by atoms with E-state index in [-0.39, 0.29) is 11.4 Å². The van der Waals surface area contributed by atoms with Crippen molar-refractivity contribution >= 4 is 29.6 Å². The van der Waals surface area contributed by atoms with Crippen LogP contribution in [0.5, 0.6) is 0 Å². The van der Waals surface area contributed by atoms with Gasteiger partial charge < -0.3 is 0 Å². The quantitative estimate of drug-likeness (QED) is 0.207. The van der Waals surface area contributed by atoms with Crippen LogP contribution in [-0.4, -0.2) is 23.9 Å². The number of aryl methyl sites for hydroxylation is 1. The maximum atomic E-state index is 14.1. The molecule has 0 amide bonds. The third kappa shape index (κ3) is 6.84. The summed E-state index contributed by atoms with van der Waals surface area (Å²) in [6.07, 6.45) is 12.4. The zero-order valence-electron chi connectivity index (χ0n) is 24.8. The third-order valence-electron chi connectivity index (χ3n) is 8.69. The molecule has 0 aliphatic carbocycles. The van der Waals surface area contributed by atoms with Gasteiger partial charge in [-0.3, -0.25) is 0 Å². The molecule has 1 heterocycles. The Bertz CT molecular complexity index is 1110. The van der Waals surface area contributed by atoms with Gasteiger partial charge in [0.1, 0.15) is 0 Å². The van der Waals surface area contributed by atoms with E-state index >= 15 is 0 Å². The van der Waals surface area contributed by atoms with Gasteiger partial charge >= 0.3 is 238 Å². The molecule has 0 spiro atoms. The molecular weight excluding hydrogens is 572 g/mol. The molecule has 3 heteroatoms. The Morgan fingerprint density at radius 3 is 2.00 bits per heavy atom. The molecule has 1 aliphatic rings. The van der Waals surface area contributed by atoms with Crippen molar-refractivity contribution in [1.82, 2.24) is 5.32 Å². The van der Waals surface area contributed by atoms with Crippen molar-refractivity contribution in [3.63, 3.8) is 0 Å². The molecule has 0 fully saturated rings. The predicted molar refractivity (Wildman–Crippen MR) is 168 cm³/mol. The minimum absolute atomic E-state index is 0.179. The standard InChI is InChI=1S/C23H23FN.3C4H9.Sn/c1-5-23(16(2)3)15-19(21-12-11-20(24)13-17(21)4)14-22(25-23)18-9-7-6-8-10-18;3*1-3-4-2;/h6-16,25H,1H2,2-4H3;3*1,3-4H2,2H3;. The number of rotatable bonds is 14. The second-order valence-corrected chi connectivity index (χ2v) is 25.0. The summed E-state index contributed by atoms with van der Waals surface area (Å²) in [5.74, 6) is 0.153. The van der Waals surface area contributed by atoms with Crippen molar-refractivity contribution in [2.24, 2.45) is 5.92 Å². The molecule has 1 nitrogen and oxygen atoms in total. The molecule has 0 bridgehead atoms. The molecule has 3 rings (SSSR count). The van der Waals surface area contributed by atoms with Crippen molar-refractivity contribution in [1.29, 1.82) is 0 Å². The Hall–Kier alpha value is -1.81. The summed E-state index contributed by atoms with van der Waals surface area (Å²) >= 11 is -2.85. The minimum atomic E-state index is -2.85. The molecule has 1 atom stereocenters. The van der Waals surface area contributed by atoms with Gasteiger partial charge in [-0.2, -0.15) is 0 Å². The fourth-order valence-electron chi connectivity index (χ4n) is 6.25. The number of nitrogens with one attached hydrogen (secondary N) is 1. The molecule has 0 saturated heterocycles. The van der Waals surface area contributed by atoms with Crippen LogP contribution in [0.25, 0.3) is 11.3 Å². The van der Waals surface area contributed by atoms with Gasteiger partial charge in [0.25, 0.3) is 0 Å². The second kappa shape index (κ2) is 14.0. The number of dihydropyridines is 1. The summed E-state index contributed by atoms with van der Waals surface area (Å²) in [6.45, 7) is 18.8. The van der Waals surface area contributed by atoms with Gasteiger partial charge in [0.15, 0.2) is 0 Å². The zero-order chi connectivity index (χ0) is 27.8. The van der Waals surface area contributed by atoms with Crippen LogP contribution in [0.3, 0.4) is 0 Å². The van der Waals surface area contributed by atoms with Crippen molar-refractivity contribution in [3.05, 3.63) is 93.4 Å². The van der Waals surface area contributed by atoms with Crippen molar-refractivity contribution in [2.75, 3.05) is 0 Å². The summed E-state index contributed by atoms with van der Waals surface area (Å²) in [7, 11) is 0. The Morgan fingerprint density at radius 1 is 0.921 bits per heavy atom. The fraction of sp³-hybridized carbons (Fsp3) is 0.486. The van der Waals surface area contributed by atoms with Crippen LogP contribution in [-0.2, 0) is 0 Å². The first-order valence-corrected chi connectivity index (χ1v) is 22.5. The van der Waals surface area contributed by atoms with Crippen LogP contribution in [0, 0.1) is 18.7 Å². The molecule has 1 unspecified atom stereocenters. The predicted octanol–water partition coefficient (Wildman–Crippen LogP) is 10.5. The van der Waals surface area contributed by atoms with Crippen molar-refractivity contribution < 1.29 is 4.39 Å². The van der Waals surface area contributed by atoms with E-state index in [1.807, 2.05) is 13.0 Å². The number of hydrogen-bond donors (Lipinski definition) is 1. The molecule has 2 aromatic carbocycles. The van der Waals surface area contributed by atoms with E-state index in [1.165, 1.54) is 66.6 Å². The summed E-state index contributed by atoms with van der Waals surface area (Å²) < 4.78 is 19.8. The number of unbranched alkanes of at least 4 members (excludes halogenated alkanes) is 3. The molecule has 1 aliphatic heterocycles. The van der Waals surface area contributed by atoms with E-state index in [9.17, 15) is 4.39 Å². The summed E-state index contributed by atoms with van der Waals surface area (Å²) in [4.78, 5) is 0. The van der Waals surface area contributed by atoms with Crippen LogP contribution >= 0.6 is 0 Å². The Labute approximate surface area is 236 Å². The number of benzene rings is 2. The molecular formula is C35H50FNSn. The first kappa shape index (κ1) is 30.7. The number of hydrogen-bond acceptors (Lipinski definition) is 1. The van der Waals surface area contributed by atoms with E-state index in [1.54, 1.807) is 12.1 Å². The molecule has 2 aromatic rings. The molecule has 38 heavy (non-hydrogen) atoms. The Balaban J connectivity index is 2.26. The molecule has 1 N–H and O–H groups in total. The van der Waals surface area contributed by atoms with Gasteiger partial charge in [-0.15, -0.1) is 0 Å². The number of allylic oxidation sites excluding steroid dienone is 2. The van der Waals surface area contributed by atoms with E-state index < -0.39 is 18.4 Å². The maximum absolute atomic E-state index is 14.1. The van der Waals surface area contributed by atoms with Gasteiger partial charge in [-0.25, -0.2) is 0 Å². The second-order valence-electron chi connectivity index (χ2n) is 11.7. The summed E-state index contributed by atoms with van der Waals surface area (Å²) in [5, 5.41) is 4.11. The van der Waals surface area contributed by atoms with E-state index in [2.05, 4.69) is 82.4 Å². The van der Waals surface area contributed by atoms with Crippen LogP contribution in [0.4, 0.5) is 4.39 Å². The van der Waals surface area contributed by atoms with Crippen LogP contribution < -0.4 is 5.32 Å². The Kier molecular flexibility index (Phi) is 11.3. The van der Waals surface area contributed by atoms with Crippen LogP contribution in [0.2, 0.25) is 13.3 Å². The normalized spacial score (nSPS) is 17.7. The third-order valence-corrected chi connectivity index (χ3v) is 24.7. The first-order valence-electron chi connectivity index (χ1n) is 15.0. The van der Waals surface area contributed by atoms with E-state index in [0.29, 0.717) is 5.92 Å². The Morgan fingerprint density at radius 2 is 1.50 bits per heavy atom. The van der Waals surface area contributed by atoms with Gasteiger partial charge in [0.05, 0.1) is 0 Å². The van der Waals surface area contributed by atoms with E-state index in [0.717, 1.165) is 16.8 Å². The van der Waals surface area contributed by atoms with Gasteiger partial charge in [0.2, 0.25) is 0 Å². The topological polar surface area (TPSA) is 12.0 Å². The van der Waals surface area contributed by atoms with Gasteiger partial charge in [0, 0.05) is 0 Å². The fourth-order valence-corrected chi connectivity index (χ4v) is 23.5. The van der Waals surface area contributed by atoms with Crippen LogP contribution in [0.15, 0.2) is 70.9 Å². The SMILES string of the molecule is C=[C](C1(C(C)C)C=C(c2ccc(F)cc2C)C=C(c2ccccc2)N1)[Sn]([CH2]CCC)([CH2]CCC)[CH2]CCC. The average molecular weight is 623 g/mol. The molecule has 0 saturated carbocycles. The zero-order valence-corrected chi connectivity index (χ0v) is 27.7. The monoisotopic (exact) mass is 623 g/mol. The van der Waals surface area contributed by atoms with Crippen molar-refractivity contribution in [3.8, 4) is 0 Å². The van der Waals surface area contributed by atoms with Crippen LogP contribution in [0.1, 0.15) is 89.8 Å².